The molecule has 0 aliphatic carbocycles. The third-order valence-electron chi connectivity index (χ3n) is 1.91. The molecule has 2 rings (SSSR count). The number of rotatable bonds is 2. The molecule has 0 aliphatic rings. The van der Waals surface area contributed by atoms with E-state index in [0.29, 0.717) is 10.4 Å². The van der Waals surface area contributed by atoms with Gasteiger partial charge in [0, 0.05) is 12.4 Å². The smallest absolute Gasteiger partial charge is 0.346 e. The third kappa shape index (κ3) is 2.81. The number of nitrogens with zero attached hydrogens (tertiary/aromatic N) is 2. The van der Waals surface area contributed by atoms with Crippen LogP contribution in [0.25, 0.3) is 0 Å². The fraction of sp³-hybridized carbons (Fsp3) is 0. The molecule has 0 spiro atoms. The Labute approximate surface area is 111 Å². The van der Waals surface area contributed by atoms with Gasteiger partial charge >= 0.3 is 5.97 Å². The van der Waals surface area contributed by atoms with E-state index in [0.717, 1.165) is 0 Å². The van der Waals surface area contributed by atoms with Gasteiger partial charge in [0.25, 0.3) is 0 Å². The maximum atomic E-state index is 11.8. The summed E-state index contributed by atoms with van der Waals surface area (Å²) in [6, 6.07) is 6.44. The number of aromatic nitrogens is 2. The number of esters is 1. The maximum Gasteiger partial charge on any atom is 0.346 e. The minimum Gasteiger partial charge on any atom is -0.420 e. The van der Waals surface area contributed by atoms with E-state index < -0.39 is 5.97 Å². The fourth-order valence-corrected chi connectivity index (χ4v) is 1.67. The highest BCUT2D eigenvalue weighted by Crippen LogP contribution is 2.23. The molecule has 0 bridgehead atoms. The van der Waals surface area contributed by atoms with Crippen molar-refractivity contribution < 1.29 is 9.53 Å². The molecule has 2 aromatic heterocycles. The van der Waals surface area contributed by atoms with E-state index in [9.17, 15) is 4.79 Å². The van der Waals surface area contributed by atoms with Crippen LogP contribution in [0.2, 0.25) is 5.15 Å². The Bertz CT molecular complexity index is 563. The minimum absolute atomic E-state index is 0.109. The summed E-state index contributed by atoms with van der Waals surface area (Å²) in [6.45, 7) is 0. The standard InChI is InChI=1S/C11H6BrClN2O2/c12-9-8(4-2-5-14-9)17-11(16)7-3-1-6-15-10(7)13/h1-6H. The molecule has 0 atom stereocenters. The van der Waals surface area contributed by atoms with E-state index in [1.807, 2.05) is 0 Å². The normalized spacial score (nSPS) is 10.0. The molecule has 2 heterocycles. The third-order valence-corrected chi connectivity index (χ3v) is 2.80. The van der Waals surface area contributed by atoms with Gasteiger partial charge in [-0.05, 0) is 40.2 Å². The molecule has 0 aromatic carbocycles. The summed E-state index contributed by atoms with van der Waals surface area (Å²) in [4.78, 5) is 19.5. The second-order valence-electron chi connectivity index (χ2n) is 3.02. The van der Waals surface area contributed by atoms with Gasteiger partial charge in [-0.15, -0.1) is 0 Å². The number of halogens is 2. The van der Waals surface area contributed by atoms with E-state index in [4.69, 9.17) is 16.3 Å². The van der Waals surface area contributed by atoms with Gasteiger partial charge in [-0.1, -0.05) is 11.6 Å². The van der Waals surface area contributed by atoms with Crippen LogP contribution in [0.15, 0.2) is 41.3 Å². The predicted molar refractivity (Wildman–Crippen MR) is 66.1 cm³/mol. The first kappa shape index (κ1) is 12.0. The summed E-state index contributed by atoms with van der Waals surface area (Å²) in [5.74, 6) is -0.241. The number of hydrogen-bond acceptors (Lipinski definition) is 4. The zero-order valence-corrected chi connectivity index (χ0v) is 10.8. The second-order valence-corrected chi connectivity index (χ2v) is 4.13. The van der Waals surface area contributed by atoms with E-state index >= 15 is 0 Å². The van der Waals surface area contributed by atoms with E-state index in [-0.39, 0.29) is 10.7 Å². The lowest BCUT2D eigenvalue weighted by Crippen LogP contribution is -2.10. The van der Waals surface area contributed by atoms with Crippen molar-refractivity contribution in [2.24, 2.45) is 0 Å². The minimum atomic E-state index is -0.572. The van der Waals surface area contributed by atoms with Crippen molar-refractivity contribution in [3.8, 4) is 5.75 Å². The lowest BCUT2D eigenvalue weighted by Gasteiger charge is -2.05. The van der Waals surface area contributed by atoms with Crippen LogP contribution in [-0.4, -0.2) is 15.9 Å². The van der Waals surface area contributed by atoms with Crippen LogP contribution >= 0.6 is 27.5 Å². The molecule has 4 nitrogen and oxygen atoms in total. The summed E-state index contributed by atoms with van der Waals surface area (Å²) in [5.41, 5.74) is 0.213. The lowest BCUT2D eigenvalue weighted by molar-refractivity contribution is 0.0732. The van der Waals surface area contributed by atoms with Crippen molar-refractivity contribution in [1.82, 2.24) is 9.97 Å². The van der Waals surface area contributed by atoms with E-state index in [1.54, 1.807) is 30.5 Å². The van der Waals surface area contributed by atoms with Crippen molar-refractivity contribution in [2.75, 3.05) is 0 Å². The predicted octanol–water partition coefficient (Wildman–Crippen LogP) is 3.11. The summed E-state index contributed by atoms with van der Waals surface area (Å²) >= 11 is 8.96. The Kier molecular flexibility index (Phi) is 3.71. The molecule has 17 heavy (non-hydrogen) atoms. The molecule has 86 valence electrons. The maximum absolute atomic E-state index is 11.8. The summed E-state index contributed by atoms with van der Waals surface area (Å²) in [5, 5.41) is 0.109. The molecule has 0 saturated carbocycles. The molecule has 0 amide bonds. The first-order valence-corrected chi connectivity index (χ1v) is 5.79. The van der Waals surface area contributed by atoms with E-state index in [2.05, 4.69) is 25.9 Å². The Hall–Kier alpha value is -1.46. The molecule has 2 aromatic rings. The van der Waals surface area contributed by atoms with Crippen molar-refractivity contribution in [1.29, 1.82) is 0 Å². The van der Waals surface area contributed by atoms with Crippen molar-refractivity contribution in [3.05, 3.63) is 52.0 Å². The highest BCUT2D eigenvalue weighted by Gasteiger charge is 2.14. The largest absolute Gasteiger partial charge is 0.420 e. The first-order valence-electron chi connectivity index (χ1n) is 4.61. The molecule has 0 unspecified atom stereocenters. The molecule has 0 N–H and O–H groups in total. The number of carbonyl (C=O) groups is 1. The van der Waals surface area contributed by atoms with Gasteiger partial charge in [0.15, 0.2) is 5.75 Å². The summed E-state index contributed by atoms with van der Waals surface area (Å²) in [7, 11) is 0. The van der Waals surface area contributed by atoms with Gasteiger partial charge in [-0.2, -0.15) is 0 Å². The molecular weight excluding hydrogens is 307 g/mol. The number of carbonyl (C=O) groups excluding carboxylic acids is 1. The quantitative estimate of drug-likeness (QED) is 0.631. The summed E-state index contributed by atoms with van der Waals surface area (Å²) in [6.07, 6.45) is 3.08. The molecule has 0 radical (unpaired) electrons. The molecule has 0 fully saturated rings. The average molecular weight is 314 g/mol. The van der Waals surface area contributed by atoms with Crippen LogP contribution < -0.4 is 4.74 Å². The molecule has 0 saturated heterocycles. The van der Waals surface area contributed by atoms with Gasteiger partial charge in [0.1, 0.15) is 9.76 Å². The zero-order valence-electron chi connectivity index (χ0n) is 8.43. The molecule has 6 heteroatoms. The van der Waals surface area contributed by atoms with Gasteiger partial charge in [0.2, 0.25) is 0 Å². The highest BCUT2D eigenvalue weighted by molar-refractivity contribution is 9.10. The first-order chi connectivity index (χ1) is 8.18. The number of ether oxygens (including phenoxy) is 1. The van der Waals surface area contributed by atoms with Crippen molar-refractivity contribution >= 4 is 33.5 Å². The van der Waals surface area contributed by atoms with Gasteiger partial charge in [-0.25, -0.2) is 14.8 Å². The topological polar surface area (TPSA) is 52.1 Å². The molecule has 0 aliphatic heterocycles. The number of pyridine rings is 2. The molecular formula is C11H6BrClN2O2. The lowest BCUT2D eigenvalue weighted by atomic mass is 10.3. The second kappa shape index (κ2) is 5.25. The van der Waals surface area contributed by atoms with Gasteiger partial charge in [-0.3, -0.25) is 0 Å². The zero-order chi connectivity index (χ0) is 12.3. The van der Waals surface area contributed by atoms with Gasteiger partial charge in [0.05, 0.1) is 5.56 Å². The Morgan fingerprint density at radius 2 is 1.94 bits per heavy atom. The average Bonchev–Trinajstić information content (AvgIpc) is 2.32. The van der Waals surface area contributed by atoms with Crippen molar-refractivity contribution in [3.63, 3.8) is 0 Å². The highest BCUT2D eigenvalue weighted by atomic mass is 79.9. The number of hydrogen-bond donors (Lipinski definition) is 0. The van der Waals surface area contributed by atoms with Crippen LogP contribution in [0.1, 0.15) is 10.4 Å². The van der Waals surface area contributed by atoms with Crippen LogP contribution in [0.5, 0.6) is 5.75 Å². The SMILES string of the molecule is O=C(Oc1cccnc1Br)c1cccnc1Cl. The Morgan fingerprint density at radius 1 is 1.24 bits per heavy atom. The van der Waals surface area contributed by atoms with E-state index in [1.165, 1.54) is 6.20 Å². The Morgan fingerprint density at radius 3 is 2.65 bits per heavy atom. The summed E-state index contributed by atoms with van der Waals surface area (Å²) < 4.78 is 5.59. The van der Waals surface area contributed by atoms with Crippen LogP contribution in [0, 0.1) is 0 Å². The van der Waals surface area contributed by atoms with Gasteiger partial charge < -0.3 is 4.74 Å². The Balaban J connectivity index is 2.24. The van der Waals surface area contributed by atoms with Crippen molar-refractivity contribution in [2.45, 2.75) is 0 Å². The fourth-order valence-electron chi connectivity index (χ4n) is 1.14. The van der Waals surface area contributed by atoms with Crippen LogP contribution in [0.4, 0.5) is 0 Å². The van der Waals surface area contributed by atoms with Crippen LogP contribution in [0.3, 0.4) is 0 Å². The van der Waals surface area contributed by atoms with Crippen LogP contribution in [-0.2, 0) is 0 Å². The monoisotopic (exact) mass is 312 g/mol.